The molecule has 0 unspecified atom stereocenters. The quantitative estimate of drug-likeness (QED) is 0.651. The predicted octanol–water partition coefficient (Wildman–Crippen LogP) is 2.10. The molecule has 66 valence electrons. The lowest BCUT2D eigenvalue weighted by Crippen LogP contribution is -1.84. The van der Waals surface area contributed by atoms with Crippen LogP contribution in [0.1, 0.15) is 17.7 Å². The van der Waals surface area contributed by atoms with Crippen molar-refractivity contribution in [3.63, 3.8) is 0 Å². The van der Waals surface area contributed by atoms with Crippen LogP contribution in [0.4, 0.5) is 0 Å². The average Bonchev–Trinajstić information content (AvgIpc) is 2.62. The van der Waals surface area contributed by atoms with Crippen molar-refractivity contribution in [1.82, 2.24) is 15.0 Å². The van der Waals surface area contributed by atoms with Crippen LogP contribution in [-0.2, 0) is 12.8 Å². The highest BCUT2D eigenvalue weighted by molar-refractivity contribution is 6.28. The first-order valence-electron chi connectivity index (χ1n) is 4.36. The first-order valence-corrected chi connectivity index (χ1v) is 4.74. The Morgan fingerprint density at radius 3 is 3.23 bits per heavy atom. The Morgan fingerprint density at radius 2 is 2.31 bits per heavy atom. The van der Waals surface area contributed by atoms with Gasteiger partial charge < -0.3 is 4.98 Å². The molecule has 0 aliphatic heterocycles. The second-order valence-corrected chi connectivity index (χ2v) is 3.68. The molecular formula is C9H8ClN3. The molecule has 0 bridgehead atoms. The number of hydrogen-bond acceptors (Lipinski definition) is 2. The van der Waals surface area contributed by atoms with Crippen LogP contribution in [-0.4, -0.2) is 15.0 Å². The molecule has 0 amide bonds. The maximum Gasteiger partial charge on any atom is 0.224 e. The van der Waals surface area contributed by atoms with Gasteiger partial charge in [0.1, 0.15) is 5.65 Å². The number of fused-ring (bicyclic) bond motifs is 3. The van der Waals surface area contributed by atoms with Crippen molar-refractivity contribution in [1.29, 1.82) is 0 Å². The number of nitrogens with zero attached hydrogens (tertiary/aromatic N) is 2. The second kappa shape index (κ2) is 2.45. The van der Waals surface area contributed by atoms with E-state index >= 15 is 0 Å². The van der Waals surface area contributed by atoms with Crippen LogP contribution in [0.5, 0.6) is 0 Å². The van der Waals surface area contributed by atoms with Crippen molar-refractivity contribution in [3.05, 3.63) is 22.7 Å². The molecule has 3 nitrogen and oxygen atoms in total. The first-order chi connectivity index (χ1) is 6.34. The number of aromatic amines is 1. The standard InChI is InChI=1S/C9H8ClN3/c10-9-11-4-6-5-2-1-3-7(5)12-8(6)13-9/h4H,1-3H2,(H,11,12,13). The summed E-state index contributed by atoms with van der Waals surface area (Å²) in [5, 5.41) is 1.45. The highest BCUT2D eigenvalue weighted by Crippen LogP contribution is 2.28. The highest BCUT2D eigenvalue weighted by atomic mass is 35.5. The van der Waals surface area contributed by atoms with E-state index in [1.165, 1.54) is 17.7 Å². The Morgan fingerprint density at radius 1 is 1.38 bits per heavy atom. The maximum atomic E-state index is 5.70. The fraction of sp³-hybridized carbons (Fsp3) is 0.333. The minimum Gasteiger partial charge on any atom is -0.343 e. The van der Waals surface area contributed by atoms with Crippen LogP contribution >= 0.6 is 11.6 Å². The number of rotatable bonds is 0. The predicted molar refractivity (Wildman–Crippen MR) is 50.9 cm³/mol. The monoisotopic (exact) mass is 193 g/mol. The zero-order chi connectivity index (χ0) is 8.84. The van der Waals surface area contributed by atoms with E-state index < -0.39 is 0 Å². The van der Waals surface area contributed by atoms with Crippen molar-refractivity contribution in [3.8, 4) is 0 Å². The Labute approximate surface area is 80.2 Å². The third kappa shape index (κ3) is 0.968. The van der Waals surface area contributed by atoms with E-state index in [0.717, 1.165) is 23.9 Å². The molecular weight excluding hydrogens is 186 g/mol. The molecule has 4 heteroatoms. The minimum atomic E-state index is 0.312. The topological polar surface area (TPSA) is 41.6 Å². The third-order valence-electron chi connectivity index (χ3n) is 2.57. The summed E-state index contributed by atoms with van der Waals surface area (Å²) in [6.45, 7) is 0. The molecule has 0 saturated carbocycles. The summed E-state index contributed by atoms with van der Waals surface area (Å²) in [5.41, 5.74) is 3.57. The van der Waals surface area contributed by atoms with Gasteiger partial charge in [0.15, 0.2) is 0 Å². The lowest BCUT2D eigenvalue weighted by atomic mass is 10.2. The molecule has 0 radical (unpaired) electrons. The molecule has 3 rings (SSSR count). The van der Waals surface area contributed by atoms with E-state index in [4.69, 9.17) is 11.6 Å². The molecule has 1 N–H and O–H groups in total. The summed E-state index contributed by atoms with van der Waals surface area (Å²) in [6.07, 6.45) is 5.31. The number of hydrogen-bond donors (Lipinski definition) is 1. The molecule has 2 heterocycles. The zero-order valence-electron chi connectivity index (χ0n) is 6.97. The van der Waals surface area contributed by atoms with Gasteiger partial charge in [-0.3, -0.25) is 0 Å². The molecule has 0 saturated heterocycles. The molecule has 13 heavy (non-hydrogen) atoms. The Balaban J connectivity index is 2.38. The van der Waals surface area contributed by atoms with Crippen LogP contribution in [0.3, 0.4) is 0 Å². The van der Waals surface area contributed by atoms with Gasteiger partial charge in [-0.1, -0.05) is 0 Å². The van der Waals surface area contributed by atoms with Crippen molar-refractivity contribution in [2.75, 3.05) is 0 Å². The summed E-state index contributed by atoms with van der Waals surface area (Å²) in [6, 6.07) is 0. The van der Waals surface area contributed by atoms with Crippen molar-refractivity contribution < 1.29 is 0 Å². The molecule has 2 aromatic rings. The highest BCUT2D eigenvalue weighted by Gasteiger charge is 2.17. The van der Waals surface area contributed by atoms with Crippen LogP contribution < -0.4 is 0 Å². The van der Waals surface area contributed by atoms with Gasteiger partial charge in [-0.05, 0) is 36.4 Å². The van der Waals surface area contributed by atoms with E-state index in [-0.39, 0.29) is 0 Å². The first kappa shape index (κ1) is 7.33. The summed E-state index contributed by atoms with van der Waals surface area (Å²) in [7, 11) is 0. The van der Waals surface area contributed by atoms with Gasteiger partial charge in [-0.25, -0.2) is 4.98 Å². The average molecular weight is 194 g/mol. The van der Waals surface area contributed by atoms with Crippen LogP contribution in [0.15, 0.2) is 6.20 Å². The van der Waals surface area contributed by atoms with Gasteiger partial charge in [0.2, 0.25) is 5.28 Å². The van der Waals surface area contributed by atoms with Gasteiger partial charge in [-0.2, -0.15) is 4.98 Å². The third-order valence-corrected chi connectivity index (χ3v) is 2.75. The number of nitrogens with one attached hydrogen (secondary N) is 1. The van der Waals surface area contributed by atoms with Gasteiger partial charge in [0, 0.05) is 17.3 Å². The molecule has 0 fully saturated rings. The van der Waals surface area contributed by atoms with E-state index in [0.29, 0.717) is 5.28 Å². The van der Waals surface area contributed by atoms with Crippen molar-refractivity contribution in [2.24, 2.45) is 0 Å². The normalized spacial score (nSPS) is 15.2. The summed E-state index contributed by atoms with van der Waals surface area (Å²) >= 11 is 5.70. The number of H-pyrrole nitrogens is 1. The molecule has 1 aliphatic carbocycles. The minimum absolute atomic E-state index is 0.312. The lowest BCUT2D eigenvalue weighted by Gasteiger charge is -1.92. The van der Waals surface area contributed by atoms with Gasteiger partial charge in [0.25, 0.3) is 0 Å². The molecule has 0 atom stereocenters. The van der Waals surface area contributed by atoms with Crippen molar-refractivity contribution >= 4 is 22.6 Å². The SMILES string of the molecule is Clc1ncc2c3c([nH]c2n1)CCC3. The largest absolute Gasteiger partial charge is 0.343 e. The Hall–Kier alpha value is -1.09. The van der Waals surface area contributed by atoms with Crippen LogP contribution in [0.2, 0.25) is 5.28 Å². The second-order valence-electron chi connectivity index (χ2n) is 3.34. The fourth-order valence-electron chi connectivity index (χ4n) is 2.00. The summed E-state index contributed by atoms with van der Waals surface area (Å²) < 4.78 is 0. The van der Waals surface area contributed by atoms with E-state index in [2.05, 4.69) is 15.0 Å². The van der Waals surface area contributed by atoms with Gasteiger partial charge in [0.05, 0.1) is 0 Å². The molecule has 0 spiro atoms. The molecule has 1 aliphatic rings. The van der Waals surface area contributed by atoms with Gasteiger partial charge >= 0.3 is 0 Å². The fourth-order valence-corrected chi connectivity index (χ4v) is 2.13. The Bertz CT molecular complexity index is 475. The van der Waals surface area contributed by atoms with E-state index in [9.17, 15) is 0 Å². The zero-order valence-corrected chi connectivity index (χ0v) is 7.73. The molecule has 2 aromatic heterocycles. The number of aryl methyl sites for hydroxylation is 2. The van der Waals surface area contributed by atoms with Crippen molar-refractivity contribution in [2.45, 2.75) is 19.3 Å². The molecule has 0 aromatic carbocycles. The number of halogens is 1. The summed E-state index contributed by atoms with van der Waals surface area (Å²) in [4.78, 5) is 11.4. The number of aromatic nitrogens is 3. The van der Waals surface area contributed by atoms with Crippen LogP contribution in [0, 0.1) is 0 Å². The van der Waals surface area contributed by atoms with Gasteiger partial charge in [-0.15, -0.1) is 0 Å². The van der Waals surface area contributed by atoms with E-state index in [1.807, 2.05) is 6.20 Å². The Kier molecular flexibility index (Phi) is 1.38. The summed E-state index contributed by atoms with van der Waals surface area (Å²) in [5.74, 6) is 0. The maximum absolute atomic E-state index is 5.70. The lowest BCUT2D eigenvalue weighted by molar-refractivity contribution is 0.896. The van der Waals surface area contributed by atoms with E-state index in [1.54, 1.807) is 0 Å². The smallest absolute Gasteiger partial charge is 0.224 e. The van der Waals surface area contributed by atoms with Crippen LogP contribution in [0.25, 0.3) is 11.0 Å².